The van der Waals surface area contributed by atoms with Gasteiger partial charge in [0.2, 0.25) is 11.8 Å². The van der Waals surface area contributed by atoms with E-state index in [1.165, 1.54) is 16.7 Å². The van der Waals surface area contributed by atoms with Gasteiger partial charge in [-0.2, -0.15) is 0 Å². The highest BCUT2D eigenvalue weighted by molar-refractivity contribution is 9.10. The van der Waals surface area contributed by atoms with Crippen molar-refractivity contribution < 1.29 is 22.7 Å². The second kappa shape index (κ2) is 15.1. The normalized spacial score (nSPS) is 14.2. The van der Waals surface area contributed by atoms with Crippen LogP contribution in [0, 0.1) is 0 Å². The molecule has 43 heavy (non-hydrogen) atoms. The van der Waals surface area contributed by atoms with Crippen LogP contribution in [0.3, 0.4) is 0 Å². The highest BCUT2D eigenvalue weighted by Gasteiger charge is 2.34. The highest BCUT2D eigenvalue weighted by atomic mass is 79.9. The van der Waals surface area contributed by atoms with Crippen LogP contribution in [0.15, 0.2) is 87.1 Å². The van der Waals surface area contributed by atoms with Crippen molar-refractivity contribution >= 4 is 55.2 Å². The van der Waals surface area contributed by atoms with Crippen molar-refractivity contribution in [2.24, 2.45) is 0 Å². The van der Waals surface area contributed by atoms with Crippen LogP contribution in [0.4, 0.5) is 5.69 Å². The average Bonchev–Trinajstić information content (AvgIpc) is 3.52. The zero-order valence-corrected chi connectivity index (χ0v) is 27.9. The molecule has 2 amide bonds. The predicted octanol–water partition coefficient (Wildman–Crippen LogP) is 6.24. The van der Waals surface area contributed by atoms with E-state index >= 15 is 0 Å². The van der Waals surface area contributed by atoms with Crippen LogP contribution in [0.25, 0.3) is 0 Å². The van der Waals surface area contributed by atoms with Gasteiger partial charge in [-0.15, -0.1) is 11.8 Å². The number of hydrogen-bond acceptors (Lipinski definition) is 6. The first-order chi connectivity index (χ1) is 20.6. The van der Waals surface area contributed by atoms with Gasteiger partial charge in [0.05, 0.1) is 17.2 Å². The van der Waals surface area contributed by atoms with Crippen molar-refractivity contribution in [1.29, 1.82) is 0 Å². The molecule has 4 rings (SSSR count). The van der Waals surface area contributed by atoms with Crippen molar-refractivity contribution in [3.8, 4) is 5.75 Å². The van der Waals surface area contributed by atoms with Gasteiger partial charge in [-0.3, -0.25) is 13.9 Å². The zero-order valence-electron chi connectivity index (χ0n) is 24.7. The third kappa shape index (κ3) is 8.33. The van der Waals surface area contributed by atoms with Crippen LogP contribution in [0.1, 0.15) is 45.1 Å². The van der Waals surface area contributed by atoms with Crippen molar-refractivity contribution in [3.05, 3.63) is 82.8 Å². The van der Waals surface area contributed by atoms with Crippen LogP contribution >= 0.6 is 27.7 Å². The predicted molar refractivity (Wildman–Crippen MR) is 175 cm³/mol. The fourth-order valence-corrected chi connectivity index (χ4v) is 7.42. The number of hydrogen-bond donors (Lipinski definition) is 1. The van der Waals surface area contributed by atoms with Crippen molar-refractivity contribution in [3.63, 3.8) is 0 Å². The first-order valence-electron chi connectivity index (χ1n) is 14.4. The number of rotatable bonds is 13. The number of sulfonamides is 1. The van der Waals surface area contributed by atoms with Gasteiger partial charge in [-0.25, -0.2) is 8.42 Å². The molecule has 1 saturated carbocycles. The zero-order chi connectivity index (χ0) is 31.0. The summed E-state index contributed by atoms with van der Waals surface area (Å²) in [4.78, 5) is 30.1. The number of anilines is 1. The molecule has 0 aliphatic heterocycles. The van der Waals surface area contributed by atoms with Gasteiger partial charge in [0, 0.05) is 22.0 Å². The minimum Gasteiger partial charge on any atom is -0.492 e. The Morgan fingerprint density at radius 3 is 2.40 bits per heavy atom. The molecule has 1 aliphatic rings. The summed E-state index contributed by atoms with van der Waals surface area (Å²) in [6.45, 7) is 3.42. The maximum atomic E-state index is 14.2. The summed E-state index contributed by atoms with van der Waals surface area (Å²) in [6.07, 6.45) is 5.85. The molecule has 1 fully saturated rings. The number of nitrogens with zero attached hydrogens (tertiary/aromatic N) is 2. The maximum absolute atomic E-state index is 14.2. The summed E-state index contributed by atoms with van der Waals surface area (Å²) in [6, 6.07) is 20.1. The smallest absolute Gasteiger partial charge is 0.264 e. The summed E-state index contributed by atoms with van der Waals surface area (Å²) in [5.41, 5.74) is 1.05. The molecule has 0 bridgehead atoms. The lowest BCUT2D eigenvalue weighted by Crippen LogP contribution is -2.52. The molecule has 0 spiro atoms. The van der Waals surface area contributed by atoms with Gasteiger partial charge in [0.1, 0.15) is 18.3 Å². The van der Waals surface area contributed by atoms with Gasteiger partial charge in [0.15, 0.2) is 0 Å². The summed E-state index contributed by atoms with van der Waals surface area (Å²) >= 11 is 4.99. The Morgan fingerprint density at radius 2 is 1.74 bits per heavy atom. The third-order valence-corrected chi connectivity index (χ3v) is 10.5. The Bertz CT molecular complexity index is 1510. The van der Waals surface area contributed by atoms with E-state index in [2.05, 4.69) is 21.2 Å². The van der Waals surface area contributed by atoms with Crippen LogP contribution in [0.2, 0.25) is 0 Å². The van der Waals surface area contributed by atoms with E-state index in [9.17, 15) is 18.0 Å². The number of carbonyl (C=O) groups excluding carboxylic acids is 2. The molecule has 3 aromatic rings. The first kappa shape index (κ1) is 32.9. The van der Waals surface area contributed by atoms with E-state index in [1.54, 1.807) is 55.5 Å². The molecule has 0 heterocycles. The molecule has 8 nitrogen and oxygen atoms in total. The Labute approximate surface area is 267 Å². The topological polar surface area (TPSA) is 96.0 Å². The van der Waals surface area contributed by atoms with Crippen LogP contribution in [-0.2, 0) is 26.2 Å². The number of nitrogens with one attached hydrogen (secondary N) is 1. The van der Waals surface area contributed by atoms with E-state index in [1.807, 2.05) is 37.4 Å². The molecule has 0 radical (unpaired) electrons. The Kier molecular flexibility index (Phi) is 11.6. The molecule has 1 unspecified atom stereocenters. The molecule has 0 aromatic heterocycles. The van der Waals surface area contributed by atoms with Gasteiger partial charge in [0.25, 0.3) is 10.0 Å². The molecule has 1 aliphatic carbocycles. The molecular weight excluding hydrogens is 650 g/mol. The fourth-order valence-electron chi connectivity index (χ4n) is 5.14. The third-order valence-electron chi connectivity index (χ3n) is 7.47. The molecule has 11 heteroatoms. The van der Waals surface area contributed by atoms with Crippen molar-refractivity contribution in [2.75, 3.05) is 23.7 Å². The number of carbonyl (C=O) groups is 2. The highest BCUT2D eigenvalue weighted by Crippen LogP contribution is 2.33. The standard InChI is InChI=1S/C32H38BrN3O5S2/c1-4-41-30-15-8-7-14-29(30)36(43(39,40)28-18-16-27(42-3)17-19-28)22-31(37)35(21-24-10-9-11-25(33)20-24)23(2)32(38)34-26-12-5-6-13-26/h7-11,14-20,23,26H,4-6,12-13,21-22H2,1-3H3,(H,34,38). The lowest BCUT2D eigenvalue weighted by molar-refractivity contribution is -0.139. The Balaban J connectivity index is 1.73. The summed E-state index contributed by atoms with van der Waals surface area (Å²) in [5, 5.41) is 3.09. The first-order valence-corrected chi connectivity index (χ1v) is 17.8. The molecular formula is C32H38BrN3O5S2. The number of ether oxygens (including phenoxy) is 1. The largest absolute Gasteiger partial charge is 0.492 e. The van der Waals surface area contributed by atoms with Gasteiger partial charge in [-0.05, 0) is 87.0 Å². The second-order valence-corrected chi connectivity index (χ2v) is 14.1. The van der Waals surface area contributed by atoms with Crippen LogP contribution in [0.5, 0.6) is 5.75 Å². The molecule has 3 aromatic carbocycles. The van der Waals surface area contributed by atoms with E-state index in [-0.39, 0.29) is 29.1 Å². The van der Waals surface area contributed by atoms with Crippen LogP contribution < -0.4 is 14.4 Å². The number of para-hydroxylation sites is 2. The molecule has 1 N–H and O–H groups in total. The summed E-state index contributed by atoms with van der Waals surface area (Å²) in [7, 11) is -4.20. The van der Waals surface area contributed by atoms with E-state index < -0.39 is 28.5 Å². The monoisotopic (exact) mass is 687 g/mol. The van der Waals surface area contributed by atoms with Gasteiger partial charge >= 0.3 is 0 Å². The maximum Gasteiger partial charge on any atom is 0.264 e. The van der Waals surface area contributed by atoms with Gasteiger partial charge < -0.3 is 15.0 Å². The number of halogens is 1. The summed E-state index contributed by atoms with van der Waals surface area (Å²) in [5.74, 6) is -0.427. The van der Waals surface area contributed by atoms with E-state index in [4.69, 9.17) is 4.74 Å². The number of amides is 2. The fraction of sp³-hybridized carbons (Fsp3) is 0.375. The van der Waals surface area contributed by atoms with E-state index in [0.717, 1.165) is 44.9 Å². The SMILES string of the molecule is CCOc1ccccc1N(CC(=O)N(Cc1cccc(Br)c1)C(C)C(=O)NC1CCCC1)S(=O)(=O)c1ccc(SC)cc1. The lowest BCUT2D eigenvalue weighted by atomic mass is 10.1. The lowest BCUT2D eigenvalue weighted by Gasteiger charge is -2.33. The Morgan fingerprint density at radius 1 is 1.05 bits per heavy atom. The average molecular weight is 689 g/mol. The molecule has 0 saturated heterocycles. The van der Waals surface area contributed by atoms with Crippen molar-refractivity contribution in [2.45, 2.75) is 68.0 Å². The quantitative estimate of drug-likeness (QED) is 0.214. The van der Waals surface area contributed by atoms with Crippen molar-refractivity contribution in [1.82, 2.24) is 10.2 Å². The second-order valence-electron chi connectivity index (χ2n) is 10.4. The van der Waals surface area contributed by atoms with Crippen LogP contribution in [-0.4, -0.2) is 56.6 Å². The summed E-state index contributed by atoms with van der Waals surface area (Å²) < 4.78 is 36.1. The number of benzene rings is 3. The number of thioether (sulfide) groups is 1. The van der Waals surface area contributed by atoms with E-state index in [0.29, 0.717) is 12.4 Å². The molecule has 230 valence electrons. The Hall–Kier alpha value is -3.02. The van der Waals surface area contributed by atoms with Gasteiger partial charge in [-0.1, -0.05) is 53.0 Å². The minimum atomic E-state index is -4.20. The molecule has 1 atom stereocenters. The minimum absolute atomic E-state index is 0.0509.